The van der Waals surface area contributed by atoms with Crippen molar-refractivity contribution in [2.75, 3.05) is 58.9 Å². The van der Waals surface area contributed by atoms with Crippen molar-refractivity contribution in [3.63, 3.8) is 0 Å². The van der Waals surface area contributed by atoms with Crippen LogP contribution in [0.1, 0.15) is 90.9 Å². The van der Waals surface area contributed by atoms with Gasteiger partial charge < -0.3 is 26.6 Å². The number of nitrogens with zero attached hydrogens (tertiary/aromatic N) is 1. The van der Waals surface area contributed by atoms with E-state index in [1.807, 2.05) is 0 Å². The van der Waals surface area contributed by atoms with Crippen molar-refractivity contribution in [2.45, 2.75) is 96.4 Å². The second kappa shape index (κ2) is 18.6. The molecule has 1 unspecified atom stereocenters. The number of nitrogens with two attached hydrogens (primary N) is 1. The van der Waals surface area contributed by atoms with Crippen molar-refractivity contribution in [1.82, 2.24) is 20.9 Å². The summed E-state index contributed by atoms with van der Waals surface area (Å²) in [7, 11) is 0. The van der Waals surface area contributed by atoms with Crippen LogP contribution in [0.5, 0.6) is 0 Å². The molecule has 0 bridgehead atoms. The van der Waals surface area contributed by atoms with Gasteiger partial charge in [0.25, 0.3) is 0 Å². The van der Waals surface area contributed by atoms with Gasteiger partial charge in [-0.2, -0.15) is 0 Å². The number of rotatable bonds is 11. The molecular formula is C24H53N5. The van der Waals surface area contributed by atoms with Crippen LogP contribution in [0, 0.1) is 0 Å². The van der Waals surface area contributed by atoms with E-state index in [0.717, 1.165) is 39.3 Å². The lowest BCUT2D eigenvalue weighted by Gasteiger charge is -2.26. The maximum absolute atomic E-state index is 6.38. The normalized spacial score (nSPS) is 24.1. The van der Waals surface area contributed by atoms with E-state index in [-0.39, 0.29) is 5.54 Å². The molecule has 5 heteroatoms. The monoisotopic (exact) mass is 411 g/mol. The molecule has 0 radical (unpaired) electrons. The number of hydrogen-bond acceptors (Lipinski definition) is 5. The van der Waals surface area contributed by atoms with E-state index in [2.05, 4.69) is 34.7 Å². The van der Waals surface area contributed by atoms with Crippen LogP contribution in [0.4, 0.5) is 0 Å². The Labute approximate surface area is 182 Å². The van der Waals surface area contributed by atoms with E-state index >= 15 is 0 Å². The Morgan fingerprint density at radius 2 is 1.24 bits per heavy atom. The average molecular weight is 412 g/mol. The van der Waals surface area contributed by atoms with Crippen LogP contribution in [0.2, 0.25) is 0 Å². The van der Waals surface area contributed by atoms with Crippen LogP contribution in [-0.4, -0.2) is 69.3 Å². The molecule has 0 aromatic rings. The van der Waals surface area contributed by atoms with Gasteiger partial charge in [0, 0.05) is 31.7 Å². The zero-order valence-electron chi connectivity index (χ0n) is 19.9. The molecule has 5 nitrogen and oxygen atoms in total. The van der Waals surface area contributed by atoms with E-state index in [1.54, 1.807) is 0 Å². The van der Waals surface area contributed by atoms with E-state index in [9.17, 15) is 0 Å². The van der Waals surface area contributed by atoms with Crippen LogP contribution < -0.4 is 21.7 Å². The molecule has 1 atom stereocenters. The molecule has 0 amide bonds. The fourth-order valence-corrected chi connectivity index (χ4v) is 4.10. The first-order valence-electron chi connectivity index (χ1n) is 12.8. The van der Waals surface area contributed by atoms with Crippen molar-refractivity contribution in [2.24, 2.45) is 5.73 Å². The maximum atomic E-state index is 6.38. The lowest BCUT2D eigenvalue weighted by Crippen LogP contribution is -2.53. The Balaban J connectivity index is 2.15. The van der Waals surface area contributed by atoms with Gasteiger partial charge in [0.15, 0.2) is 0 Å². The van der Waals surface area contributed by atoms with Crippen molar-refractivity contribution < 1.29 is 0 Å². The van der Waals surface area contributed by atoms with E-state index in [0.29, 0.717) is 0 Å². The lowest BCUT2D eigenvalue weighted by molar-refractivity contribution is 0.261. The minimum Gasteiger partial charge on any atom is -0.323 e. The van der Waals surface area contributed by atoms with Gasteiger partial charge in [0.2, 0.25) is 0 Å². The highest BCUT2D eigenvalue weighted by molar-refractivity contribution is 4.83. The highest BCUT2D eigenvalue weighted by atomic mass is 15.1. The molecule has 1 aliphatic rings. The van der Waals surface area contributed by atoms with Gasteiger partial charge in [-0.3, -0.25) is 0 Å². The lowest BCUT2D eigenvalue weighted by atomic mass is 10.0. The molecule has 1 fully saturated rings. The molecule has 5 N–H and O–H groups in total. The summed E-state index contributed by atoms with van der Waals surface area (Å²) in [5.41, 5.74) is 6.22. The molecule has 0 aliphatic carbocycles. The zero-order valence-corrected chi connectivity index (χ0v) is 19.9. The third-order valence-corrected chi connectivity index (χ3v) is 6.03. The quantitative estimate of drug-likeness (QED) is 0.392. The first-order valence-corrected chi connectivity index (χ1v) is 12.8. The first kappa shape index (κ1) is 26.8. The van der Waals surface area contributed by atoms with Crippen LogP contribution in [0.25, 0.3) is 0 Å². The third kappa shape index (κ3) is 17.2. The second-order valence-corrected chi connectivity index (χ2v) is 9.49. The van der Waals surface area contributed by atoms with Crippen molar-refractivity contribution in [1.29, 1.82) is 0 Å². The van der Waals surface area contributed by atoms with E-state index in [4.69, 9.17) is 5.73 Å². The molecule has 1 saturated heterocycles. The molecule has 0 aromatic carbocycles. The highest BCUT2D eigenvalue weighted by Gasteiger charge is 2.17. The highest BCUT2D eigenvalue weighted by Crippen LogP contribution is 2.11. The fourth-order valence-electron chi connectivity index (χ4n) is 4.10. The summed E-state index contributed by atoms with van der Waals surface area (Å²) in [6.45, 7) is 14.2. The summed E-state index contributed by atoms with van der Waals surface area (Å²) < 4.78 is 0. The van der Waals surface area contributed by atoms with Crippen molar-refractivity contribution in [3.8, 4) is 0 Å². The smallest absolute Gasteiger partial charge is 0.0378 e. The standard InChI is InChI=1S/C24H53N5/c1-3-4-5-6-7-8-9-10-11-12-19-29-20-14-17-28-23-24(2,25)22-27-16-13-15-26-18-21-29/h26-28H,3-23,25H2,1-2H3. The number of hydrogen-bond donors (Lipinski definition) is 4. The summed E-state index contributed by atoms with van der Waals surface area (Å²) in [5.74, 6) is 0. The molecule has 1 aliphatic heterocycles. The van der Waals surface area contributed by atoms with Gasteiger partial charge in [-0.25, -0.2) is 0 Å². The average Bonchev–Trinajstić information content (AvgIpc) is 2.70. The minimum absolute atomic E-state index is 0.163. The van der Waals surface area contributed by atoms with Gasteiger partial charge >= 0.3 is 0 Å². The molecule has 1 heterocycles. The Bertz CT molecular complexity index is 348. The second-order valence-electron chi connectivity index (χ2n) is 9.49. The predicted octanol–water partition coefficient (Wildman–Crippen LogP) is 3.49. The Hall–Kier alpha value is -0.200. The minimum atomic E-state index is -0.163. The first-order chi connectivity index (χ1) is 14.1. The predicted molar refractivity (Wildman–Crippen MR) is 129 cm³/mol. The number of unbranched alkanes of at least 4 members (excludes halogenated alkanes) is 9. The van der Waals surface area contributed by atoms with Crippen LogP contribution in [-0.2, 0) is 0 Å². The van der Waals surface area contributed by atoms with Gasteiger partial charge in [-0.1, -0.05) is 64.7 Å². The van der Waals surface area contributed by atoms with Gasteiger partial charge in [-0.05, 0) is 58.9 Å². The number of nitrogens with one attached hydrogen (secondary N) is 3. The summed E-state index contributed by atoms with van der Waals surface area (Å²) in [6.07, 6.45) is 16.5. The van der Waals surface area contributed by atoms with Crippen LogP contribution in [0.3, 0.4) is 0 Å². The summed E-state index contributed by atoms with van der Waals surface area (Å²) in [4.78, 5) is 2.67. The van der Waals surface area contributed by atoms with Crippen LogP contribution >= 0.6 is 0 Å². The Morgan fingerprint density at radius 3 is 1.90 bits per heavy atom. The molecule has 0 spiro atoms. The molecule has 29 heavy (non-hydrogen) atoms. The summed E-state index contributed by atoms with van der Waals surface area (Å²) in [5, 5.41) is 10.7. The Morgan fingerprint density at radius 1 is 0.690 bits per heavy atom. The fraction of sp³-hybridized carbons (Fsp3) is 1.00. The van der Waals surface area contributed by atoms with Crippen molar-refractivity contribution >= 4 is 0 Å². The molecule has 0 aromatic heterocycles. The molecular weight excluding hydrogens is 358 g/mol. The van der Waals surface area contributed by atoms with Gasteiger partial charge in [-0.15, -0.1) is 0 Å². The molecule has 1 rings (SSSR count). The summed E-state index contributed by atoms with van der Waals surface area (Å²) >= 11 is 0. The largest absolute Gasteiger partial charge is 0.323 e. The third-order valence-electron chi connectivity index (χ3n) is 6.03. The SMILES string of the molecule is CCCCCCCCCCCCN1CCCNCC(C)(N)CNCCCNCC1. The van der Waals surface area contributed by atoms with Crippen molar-refractivity contribution in [3.05, 3.63) is 0 Å². The van der Waals surface area contributed by atoms with Gasteiger partial charge in [0.05, 0.1) is 0 Å². The van der Waals surface area contributed by atoms with Gasteiger partial charge in [0.1, 0.15) is 0 Å². The van der Waals surface area contributed by atoms with E-state index in [1.165, 1.54) is 96.7 Å². The molecule has 174 valence electrons. The van der Waals surface area contributed by atoms with E-state index < -0.39 is 0 Å². The topological polar surface area (TPSA) is 65.3 Å². The summed E-state index contributed by atoms with van der Waals surface area (Å²) in [6, 6.07) is 0. The van der Waals surface area contributed by atoms with Crippen LogP contribution in [0.15, 0.2) is 0 Å². The molecule has 0 saturated carbocycles. The Kier molecular flexibility index (Phi) is 17.2. The zero-order chi connectivity index (χ0) is 21.0. The maximum Gasteiger partial charge on any atom is 0.0378 e.